The summed E-state index contributed by atoms with van der Waals surface area (Å²) in [5.74, 6) is 0.0573. The lowest BCUT2D eigenvalue weighted by molar-refractivity contribution is 0.0994. The van der Waals surface area contributed by atoms with Crippen molar-refractivity contribution in [3.8, 4) is 0 Å². The van der Waals surface area contributed by atoms with Gasteiger partial charge in [-0.05, 0) is 47.9 Å². The highest BCUT2D eigenvalue weighted by Crippen LogP contribution is 2.27. The maximum atomic E-state index is 12.8. The van der Waals surface area contributed by atoms with E-state index in [0.29, 0.717) is 17.5 Å². The first-order valence-electron chi connectivity index (χ1n) is 8.00. The van der Waals surface area contributed by atoms with E-state index in [1.807, 2.05) is 42.6 Å². The molecule has 124 valence electrons. The molecule has 1 N–H and O–H groups in total. The van der Waals surface area contributed by atoms with Crippen molar-refractivity contribution < 1.29 is 9.90 Å². The molecule has 3 heterocycles. The number of pyridine rings is 2. The number of hydrogen-bond donors (Lipinski definition) is 1. The number of hydrogen-bond acceptors (Lipinski definition) is 5. The molecule has 0 spiro atoms. The SMILES string of the molecule is Cc1cc2ncccc2cc1CC(=O)c1csc2cc(CO)cnc12. The van der Waals surface area contributed by atoms with Gasteiger partial charge in [-0.15, -0.1) is 11.3 Å². The number of aliphatic hydroxyl groups excluding tert-OH is 1. The number of aromatic nitrogens is 2. The molecule has 0 aliphatic rings. The van der Waals surface area contributed by atoms with Crippen LogP contribution < -0.4 is 0 Å². The van der Waals surface area contributed by atoms with Crippen molar-refractivity contribution in [3.05, 3.63) is 70.4 Å². The van der Waals surface area contributed by atoms with Crippen molar-refractivity contribution in [2.45, 2.75) is 20.0 Å². The maximum absolute atomic E-state index is 12.8. The number of rotatable bonds is 4. The Labute approximate surface area is 148 Å². The molecule has 0 saturated heterocycles. The number of carbonyl (C=O) groups is 1. The molecule has 4 aromatic rings. The molecule has 0 saturated carbocycles. The van der Waals surface area contributed by atoms with Crippen molar-refractivity contribution in [1.82, 2.24) is 9.97 Å². The van der Waals surface area contributed by atoms with E-state index in [2.05, 4.69) is 9.97 Å². The molecule has 4 nitrogen and oxygen atoms in total. The van der Waals surface area contributed by atoms with E-state index in [4.69, 9.17) is 0 Å². The molecular formula is C20H16N2O2S. The van der Waals surface area contributed by atoms with Crippen LogP contribution in [0.25, 0.3) is 21.1 Å². The van der Waals surface area contributed by atoms with Crippen LogP contribution in [0, 0.1) is 6.92 Å². The first kappa shape index (κ1) is 15.9. The van der Waals surface area contributed by atoms with Gasteiger partial charge in [-0.3, -0.25) is 14.8 Å². The van der Waals surface area contributed by atoms with Crippen molar-refractivity contribution in [2.24, 2.45) is 0 Å². The smallest absolute Gasteiger partial charge is 0.170 e. The van der Waals surface area contributed by atoms with Gasteiger partial charge in [0.1, 0.15) is 0 Å². The number of Topliss-reactive ketones (excluding diaryl/α,β-unsaturated/α-hetero) is 1. The van der Waals surface area contributed by atoms with Gasteiger partial charge >= 0.3 is 0 Å². The molecule has 1 aromatic carbocycles. The van der Waals surface area contributed by atoms with E-state index in [9.17, 15) is 9.90 Å². The predicted octanol–water partition coefficient (Wildman–Crippen LogP) is 4.07. The Morgan fingerprint density at radius 3 is 2.96 bits per heavy atom. The van der Waals surface area contributed by atoms with E-state index in [1.54, 1.807) is 12.4 Å². The third-order valence-corrected chi connectivity index (χ3v) is 5.28. The van der Waals surface area contributed by atoms with Gasteiger partial charge < -0.3 is 5.11 Å². The maximum Gasteiger partial charge on any atom is 0.170 e. The fourth-order valence-electron chi connectivity index (χ4n) is 2.97. The third kappa shape index (κ3) is 2.92. The average Bonchev–Trinajstić information content (AvgIpc) is 3.05. The number of carbonyl (C=O) groups excluding carboxylic acids is 1. The number of benzene rings is 1. The van der Waals surface area contributed by atoms with Gasteiger partial charge in [0, 0.05) is 29.6 Å². The second kappa shape index (κ2) is 6.35. The highest BCUT2D eigenvalue weighted by Gasteiger charge is 2.16. The molecule has 0 atom stereocenters. The number of aryl methyl sites for hydroxylation is 1. The van der Waals surface area contributed by atoms with Crippen LogP contribution in [-0.4, -0.2) is 20.9 Å². The molecule has 0 unspecified atom stereocenters. The number of aliphatic hydroxyl groups is 1. The summed E-state index contributed by atoms with van der Waals surface area (Å²) in [7, 11) is 0. The van der Waals surface area contributed by atoms with Crippen molar-refractivity contribution in [3.63, 3.8) is 0 Å². The molecule has 25 heavy (non-hydrogen) atoms. The van der Waals surface area contributed by atoms with Crippen molar-refractivity contribution in [1.29, 1.82) is 0 Å². The minimum absolute atomic E-state index is 0.0472. The zero-order valence-corrected chi connectivity index (χ0v) is 14.5. The van der Waals surface area contributed by atoms with E-state index < -0.39 is 0 Å². The molecular weight excluding hydrogens is 332 g/mol. The van der Waals surface area contributed by atoms with Gasteiger partial charge in [0.05, 0.1) is 27.9 Å². The molecule has 4 rings (SSSR count). The van der Waals surface area contributed by atoms with Crippen LogP contribution in [0.1, 0.15) is 27.0 Å². The van der Waals surface area contributed by atoms with Crippen LogP contribution in [0.4, 0.5) is 0 Å². The number of thiophene rings is 1. The Balaban J connectivity index is 1.69. The molecule has 5 heteroatoms. The molecule has 0 aliphatic heterocycles. The van der Waals surface area contributed by atoms with Crippen LogP contribution in [0.2, 0.25) is 0 Å². The molecule has 3 aromatic heterocycles. The average molecular weight is 348 g/mol. The standard InChI is InChI=1S/C20H16N2O2S/c1-12-5-17-14(3-2-4-21-17)7-15(12)8-18(24)16-11-25-19-6-13(10-23)9-22-20(16)19/h2-7,9,11,23H,8,10H2,1H3. The summed E-state index contributed by atoms with van der Waals surface area (Å²) < 4.78 is 0.925. The Morgan fingerprint density at radius 1 is 1.24 bits per heavy atom. The van der Waals surface area contributed by atoms with Gasteiger partial charge in [-0.1, -0.05) is 6.07 Å². The number of ketones is 1. The first-order chi connectivity index (χ1) is 12.2. The Morgan fingerprint density at radius 2 is 2.12 bits per heavy atom. The van der Waals surface area contributed by atoms with E-state index >= 15 is 0 Å². The van der Waals surface area contributed by atoms with Gasteiger partial charge in [0.25, 0.3) is 0 Å². The molecule has 0 bridgehead atoms. The molecule has 0 fully saturated rings. The Kier molecular flexibility index (Phi) is 4.03. The Bertz CT molecular complexity index is 1100. The highest BCUT2D eigenvalue weighted by atomic mass is 32.1. The fourth-order valence-corrected chi connectivity index (χ4v) is 3.95. The van der Waals surface area contributed by atoms with Crippen LogP contribution in [0.3, 0.4) is 0 Å². The minimum atomic E-state index is -0.0472. The minimum Gasteiger partial charge on any atom is -0.392 e. The number of nitrogens with zero attached hydrogens (tertiary/aromatic N) is 2. The van der Waals surface area contributed by atoms with E-state index in [1.165, 1.54) is 11.3 Å². The summed E-state index contributed by atoms with van der Waals surface area (Å²) in [6.07, 6.45) is 3.74. The van der Waals surface area contributed by atoms with Crippen LogP contribution in [0.15, 0.2) is 48.1 Å². The lowest BCUT2D eigenvalue weighted by atomic mass is 9.98. The van der Waals surface area contributed by atoms with Crippen molar-refractivity contribution >= 4 is 38.2 Å². The highest BCUT2D eigenvalue weighted by molar-refractivity contribution is 7.17. The lowest BCUT2D eigenvalue weighted by Gasteiger charge is -2.07. The topological polar surface area (TPSA) is 63.1 Å². The summed E-state index contributed by atoms with van der Waals surface area (Å²) in [6.45, 7) is 1.96. The zero-order valence-electron chi connectivity index (χ0n) is 13.7. The van der Waals surface area contributed by atoms with Crippen molar-refractivity contribution in [2.75, 3.05) is 0 Å². The summed E-state index contributed by atoms with van der Waals surface area (Å²) in [5, 5.41) is 12.1. The van der Waals surface area contributed by atoms with E-state index in [0.717, 1.165) is 32.3 Å². The molecule has 0 amide bonds. The van der Waals surface area contributed by atoms with Gasteiger partial charge in [-0.25, -0.2) is 0 Å². The summed E-state index contributed by atoms with van der Waals surface area (Å²) >= 11 is 1.48. The van der Waals surface area contributed by atoms with Gasteiger partial charge in [0.2, 0.25) is 0 Å². The van der Waals surface area contributed by atoms with Crippen LogP contribution in [0.5, 0.6) is 0 Å². The summed E-state index contributed by atoms with van der Waals surface area (Å²) in [4.78, 5) is 21.6. The number of fused-ring (bicyclic) bond motifs is 2. The Hall–Kier alpha value is -2.63. The lowest BCUT2D eigenvalue weighted by Crippen LogP contribution is -2.05. The first-order valence-corrected chi connectivity index (χ1v) is 8.88. The normalized spacial score (nSPS) is 11.3. The molecule has 0 aliphatic carbocycles. The van der Waals surface area contributed by atoms with E-state index in [-0.39, 0.29) is 12.4 Å². The summed E-state index contributed by atoms with van der Waals surface area (Å²) in [5.41, 5.74) is 5.13. The quantitative estimate of drug-likeness (QED) is 0.565. The zero-order chi connectivity index (χ0) is 17.4. The monoisotopic (exact) mass is 348 g/mol. The second-order valence-corrected chi connectivity index (χ2v) is 6.98. The fraction of sp³-hybridized carbons (Fsp3) is 0.150. The predicted molar refractivity (Wildman–Crippen MR) is 100 cm³/mol. The largest absolute Gasteiger partial charge is 0.392 e. The second-order valence-electron chi connectivity index (χ2n) is 6.07. The van der Waals surface area contributed by atoms with Crippen LogP contribution in [-0.2, 0) is 13.0 Å². The summed E-state index contributed by atoms with van der Waals surface area (Å²) in [6, 6.07) is 9.86. The molecule has 0 radical (unpaired) electrons. The third-order valence-electron chi connectivity index (χ3n) is 4.36. The van der Waals surface area contributed by atoms with Gasteiger partial charge in [0.15, 0.2) is 5.78 Å². The van der Waals surface area contributed by atoms with Crippen LogP contribution >= 0.6 is 11.3 Å². The van der Waals surface area contributed by atoms with Gasteiger partial charge in [-0.2, -0.15) is 0 Å².